The Labute approximate surface area is 154 Å². The summed E-state index contributed by atoms with van der Waals surface area (Å²) in [5, 5.41) is 3.42. The van der Waals surface area contributed by atoms with Gasteiger partial charge in [-0.05, 0) is 17.7 Å². The molecular formula is C16H24IN3O3. The number of guanidine groups is 1. The molecule has 0 amide bonds. The summed E-state index contributed by atoms with van der Waals surface area (Å²) in [6.07, 6.45) is 0. The van der Waals surface area contributed by atoms with Crippen molar-refractivity contribution in [3.8, 4) is 11.5 Å². The molecular weight excluding hydrogens is 409 g/mol. The largest absolute Gasteiger partial charge is 0.454 e. The van der Waals surface area contributed by atoms with Crippen molar-refractivity contribution in [3.63, 3.8) is 0 Å². The summed E-state index contributed by atoms with van der Waals surface area (Å²) in [7, 11) is 3.83. The van der Waals surface area contributed by atoms with Crippen LogP contribution < -0.4 is 14.8 Å². The topological polar surface area (TPSA) is 55.3 Å². The Kier molecular flexibility index (Phi) is 5.96. The molecule has 1 saturated heterocycles. The number of hydrogen-bond donors (Lipinski definition) is 1. The first kappa shape index (κ1) is 18.1. The van der Waals surface area contributed by atoms with Crippen LogP contribution >= 0.6 is 24.0 Å². The van der Waals surface area contributed by atoms with Crippen LogP contribution in [0, 0.1) is 5.41 Å². The lowest BCUT2D eigenvalue weighted by molar-refractivity contribution is -0.0972. The molecule has 0 unspecified atom stereocenters. The van der Waals surface area contributed by atoms with Gasteiger partial charge < -0.3 is 24.4 Å². The van der Waals surface area contributed by atoms with Crippen LogP contribution in [0.2, 0.25) is 0 Å². The van der Waals surface area contributed by atoms with Gasteiger partial charge in [-0.3, -0.25) is 4.99 Å². The molecule has 6 nitrogen and oxygen atoms in total. The number of ether oxygens (including phenoxy) is 3. The van der Waals surface area contributed by atoms with Crippen LogP contribution in [-0.2, 0) is 11.3 Å². The summed E-state index contributed by atoms with van der Waals surface area (Å²) in [4.78, 5) is 6.45. The first-order chi connectivity index (χ1) is 10.6. The Morgan fingerprint density at radius 1 is 1.30 bits per heavy atom. The van der Waals surface area contributed by atoms with E-state index >= 15 is 0 Å². The predicted molar refractivity (Wildman–Crippen MR) is 99.7 cm³/mol. The van der Waals surface area contributed by atoms with Crippen molar-refractivity contribution in [1.82, 2.24) is 10.2 Å². The van der Waals surface area contributed by atoms with Crippen LogP contribution in [0.3, 0.4) is 0 Å². The summed E-state index contributed by atoms with van der Waals surface area (Å²) in [5.74, 6) is 2.51. The SMILES string of the molecule is CN=C(NCC1(C)COC1)N(C)Cc1ccc2c(c1)OCO2.I. The van der Waals surface area contributed by atoms with E-state index in [4.69, 9.17) is 14.2 Å². The second-order valence-corrected chi connectivity index (χ2v) is 6.25. The van der Waals surface area contributed by atoms with Gasteiger partial charge in [0, 0.05) is 32.6 Å². The molecule has 128 valence electrons. The predicted octanol–water partition coefficient (Wildman–Crippen LogP) is 2.08. The smallest absolute Gasteiger partial charge is 0.231 e. The summed E-state index contributed by atoms with van der Waals surface area (Å²) in [6.45, 7) is 5.76. The third kappa shape index (κ3) is 4.20. The van der Waals surface area contributed by atoms with Gasteiger partial charge in [0.15, 0.2) is 17.5 Å². The zero-order chi connectivity index (χ0) is 15.6. The lowest BCUT2D eigenvalue weighted by atomic mass is 9.89. The summed E-state index contributed by atoms with van der Waals surface area (Å²) >= 11 is 0. The van der Waals surface area contributed by atoms with E-state index < -0.39 is 0 Å². The molecule has 0 aliphatic carbocycles. The van der Waals surface area contributed by atoms with E-state index in [1.807, 2.05) is 19.2 Å². The minimum atomic E-state index is 0. The number of fused-ring (bicyclic) bond motifs is 1. The third-order valence-electron chi connectivity index (χ3n) is 4.00. The van der Waals surface area contributed by atoms with Crippen molar-refractivity contribution >= 4 is 29.9 Å². The first-order valence-electron chi connectivity index (χ1n) is 7.48. The first-order valence-corrected chi connectivity index (χ1v) is 7.48. The highest BCUT2D eigenvalue weighted by Crippen LogP contribution is 2.32. The number of nitrogens with zero attached hydrogens (tertiary/aromatic N) is 2. The van der Waals surface area contributed by atoms with Crippen molar-refractivity contribution < 1.29 is 14.2 Å². The molecule has 0 bridgehead atoms. The summed E-state index contributed by atoms with van der Waals surface area (Å²) in [6, 6.07) is 6.03. The second kappa shape index (κ2) is 7.57. The summed E-state index contributed by atoms with van der Waals surface area (Å²) in [5.41, 5.74) is 1.38. The molecule has 7 heteroatoms. The van der Waals surface area contributed by atoms with Crippen LogP contribution in [-0.4, -0.2) is 51.5 Å². The number of halogens is 1. The Balaban J connectivity index is 0.00000192. The second-order valence-electron chi connectivity index (χ2n) is 6.25. The van der Waals surface area contributed by atoms with Crippen molar-refractivity contribution in [3.05, 3.63) is 23.8 Å². The quantitative estimate of drug-likeness (QED) is 0.448. The minimum absolute atomic E-state index is 0. The van der Waals surface area contributed by atoms with Gasteiger partial charge in [-0.15, -0.1) is 24.0 Å². The highest BCUT2D eigenvalue weighted by atomic mass is 127. The number of hydrogen-bond acceptors (Lipinski definition) is 4. The van der Waals surface area contributed by atoms with Gasteiger partial charge in [0.2, 0.25) is 6.79 Å². The number of nitrogens with one attached hydrogen (secondary N) is 1. The van der Waals surface area contributed by atoms with Gasteiger partial charge in [0.25, 0.3) is 0 Å². The van der Waals surface area contributed by atoms with Crippen molar-refractivity contribution in [2.45, 2.75) is 13.5 Å². The van der Waals surface area contributed by atoms with E-state index in [0.717, 1.165) is 49.3 Å². The van der Waals surface area contributed by atoms with E-state index in [9.17, 15) is 0 Å². The maximum Gasteiger partial charge on any atom is 0.231 e. The van der Waals surface area contributed by atoms with Crippen LogP contribution in [0.4, 0.5) is 0 Å². The van der Waals surface area contributed by atoms with Gasteiger partial charge in [0.05, 0.1) is 13.2 Å². The fraction of sp³-hybridized carbons (Fsp3) is 0.562. The highest BCUT2D eigenvalue weighted by molar-refractivity contribution is 14.0. The fourth-order valence-electron chi connectivity index (χ4n) is 2.62. The molecule has 2 aliphatic rings. The zero-order valence-corrected chi connectivity index (χ0v) is 16.1. The lowest BCUT2D eigenvalue weighted by Crippen LogP contribution is -2.51. The van der Waals surface area contributed by atoms with E-state index in [2.05, 4.69) is 28.2 Å². The molecule has 0 aromatic heterocycles. The molecule has 3 rings (SSSR count). The van der Waals surface area contributed by atoms with E-state index in [1.54, 1.807) is 7.05 Å². The monoisotopic (exact) mass is 433 g/mol. The molecule has 0 spiro atoms. The lowest BCUT2D eigenvalue weighted by Gasteiger charge is -2.39. The van der Waals surface area contributed by atoms with Crippen LogP contribution in [0.5, 0.6) is 11.5 Å². The molecule has 0 radical (unpaired) electrons. The van der Waals surface area contributed by atoms with Gasteiger partial charge in [-0.1, -0.05) is 13.0 Å². The third-order valence-corrected chi connectivity index (χ3v) is 4.00. The van der Waals surface area contributed by atoms with E-state index in [0.29, 0.717) is 6.79 Å². The van der Waals surface area contributed by atoms with Crippen molar-refractivity contribution in [2.24, 2.45) is 10.4 Å². The van der Waals surface area contributed by atoms with Gasteiger partial charge in [-0.2, -0.15) is 0 Å². The molecule has 23 heavy (non-hydrogen) atoms. The summed E-state index contributed by atoms with van der Waals surface area (Å²) < 4.78 is 16.0. The molecule has 1 aromatic carbocycles. The van der Waals surface area contributed by atoms with Gasteiger partial charge in [-0.25, -0.2) is 0 Å². The van der Waals surface area contributed by atoms with E-state index in [1.165, 1.54) is 0 Å². The normalized spacial score (nSPS) is 18.0. The molecule has 0 atom stereocenters. The van der Waals surface area contributed by atoms with Crippen molar-refractivity contribution in [2.75, 3.05) is 40.6 Å². The molecule has 1 fully saturated rings. The van der Waals surface area contributed by atoms with Crippen LogP contribution in [0.25, 0.3) is 0 Å². The van der Waals surface area contributed by atoms with Crippen molar-refractivity contribution in [1.29, 1.82) is 0 Å². The fourth-order valence-corrected chi connectivity index (χ4v) is 2.62. The standard InChI is InChI=1S/C16H23N3O3.HI/c1-16(9-20-10-16)8-18-15(17-2)19(3)7-12-4-5-13-14(6-12)22-11-21-13;/h4-6H,7-11H2,1-3H3,(H,17,18);1H. The van der Waals surface area contributed by atoms with Gasteiger partial charge in [0.1, 0.15) is 0 Å². The number of aliphatic imine (C=N–C) groups is 1. The molecule has 2 aliphatic heterocycles. The number of rotatable bonds is 4. The molecule has 2 heterocycles. The van der Waals surface area contributed by atoms with Gasteiger partial charge >= 0.3 is 0 Å². The average molecular weight is 433 g/mol. The highest BCUT2D eigenvalue weighted by Gasteiger charge is 2.33. The number of benzene rings is 1. The Hall–Kier alpha value is -1.22. The maximum absolute atomic E-state index is 5.42. The average Bonchev–Trinajstić information content (AvgIpc) is 2.93. The molecule has 1 aromatic rings. The molecule has 0 saturated carbocycles. The zero-order valence-electron chi connectivity index (χ0n) is 13.8. The Morgan fingerprint density at radius 3 is 2.70 bits per heavy atom. The Bertz CT molecular complexity index is 576. The maximum atomic E-state index is 5.42. The molecule has 1 N–H and O–H groups in total. The van der Waals surface area contributed by atoms with Crippen LogP contribution in [0.1, 0.15) is 12.5 Å². The minimum Gasteiger partial charge on any atom is -0.454 e. The van der Waals surface area contributed by atoms with Crippen LogP contribution in [0.15, 0.2) is 23.2 Å². The van der Waals surface area contributed by atoms with E-state index in [-0.39, 0.29) is 29.4 Å². The Morgan fingerprint density at radius 2 is 2.04 bits per heavy atom.